The van der Waals surface area contributed by atoms with Crippen LogP contribution in [0.1, 0.15) is 40.9 Å². The number of piperidine rings is 2. The van der Waals surface area contributed by atoms with Crippen molar-refractivity contribution in [3.05, 3.63) is 65.3 Å². The van der Waals surface area contributed by atoms with Crippen molar-refractivity contribution in [1.82, 2.24) is 29.6 Å². The van der Waals surface area contributed by atoms with Crippen molar-refractivity contribution in [3.63, 3.8) is 0 Å². The van der Waals surface area contributed by atoms with Crippen LogP contribution in [0, 0.1) is 11.3 Å². The van der Waals surface area contributed by atoms with Gasteiger partial charge in [0.1, 0.15) is 29.5 Å². The summed E-state index contributed by atoms with van der Waals surface area (Å²) in [6.07, 6.45) is 5.37. The third-order valence-corrected chi connectivity index (χ3v) is 8.22. The second kappa shape index (κ2) is 12.7. The zero-order chi connectivity index (χ0) is 28.9. The Morgan fingerprint density at radius 3 is 2.51 bits per heavy atom. The minimum atomic E-state index is -0.626. The standard InChI is InChI=1S/C30H38N8O3/c1-35(2)17-23(16-31)29(40)36-12-8-24(9-13-36)34-28-15-25(32-20-33-28)30(41)38-14-10-26(27(39)19-38)37-11-7-21-5-3-4-6-22(21)18-37/h3-6,15,17,20,24,26-27,39H,7-14,18-19H2,1-2H3,(H,32,33,34)/b23-17-/t26-,27-/m0/s1. The smallest absolute Gasteiger partial charge is 0.272 e. The van der Waals surface area contributed by atoms with Gasteiger partial charge in [-0.2, -0.15) is 5.26 Å². The summed E-state index contributed by atoms with van der Waals surface area (Å²) in [5.41, 5.74) is 3.11. The molecule has 1 aromatic heterocycles. The molecule has 0 unspecified atom stereocenters. The molecule has 4 heterocycles. The number of hydrogen-bond acceptors (Lipinski definition) is 9. The maximum atomic E-state index is 13.3. The summed E-state index contributed by atoms with van der Waals surface area (Å²) in [5.74, 6) is 0.0838. The van der Waals surface area contributed by atoms with Crippen molar-refractivity contribution in [3.8, 4) is 6.07 Å². The molecule has 2 N–H and O–H groups in total. The topological polar surface area (TPSA) is 129 Å². The van der Waals surface area contributed by atoms with Gasteiger partial charge in [0.05, 0.1) is 6.10 Å². The van der Waals surface area contributed by atoms with Crippen LogP contribution in [0.15, 0.2) is 48.4 Å². The number of nitrogens with one attached hydrogen (secondary N) is 1. The Balaban J connectivity index is 1.14. The minimum Gasteiger partial charge on any atom is -0.390 e. The van der Waals surface area contributed by atoms with Gasteiger partial charge in [-0.3, -0.25) is 14.5 Å². The average molecular weight is 559 g/mol. The lowest BCUT2D eigenvalue weighted by Gasteiger charge is -2.43. The fraction of sp³-hybridized carbons (Fsp3) is 0.500. The summed E-state index contributed by atoms with van der Waals surface area (Å²) in [7, 11) is 3.56. The van der Waals surface area contributed by atoms with Gasteiger partial charge in [-0.05, 0) is 36.8 Å². The summed E-state index contributed by atoms with van der Waals surface area (Å²) < 4.78 is 0. The molecule has 2 atom stereocenters. The van der Waals surface area contributed by atoms with Gasteiger partial charge in [-0.25, -0.2) is 9.97 Å². The Morgan fingerprint density at radius 2 is 1.80 bits per heavy atom. The first-order valence-corrected chi connectivity index (χ1v) is 14.3. The number of aliphatic hydroxyl groups excluding tert-OH is 1. The molecule has 1 aromatic carbocycles. The Hall–Kier alpha value is -4.01. The molecule has 0 radical (unpaired) electrons. The molecular formula is C30H38N8O3. The average Bonchev–Trinajstić information content (AvgIpc) is 2.99. The van der Waals surface area contributed by atoms with E-state index in [2.05, 4.69) is 44.5 Å². The molecule has 11 nitrogen and oxygen atoms in total. The van der Waals surface area contributed by atoms with Crippen molar-refractivity contribution in [2.45, 2.75) is 50.4 Å². The van der Waals surface area contributed by atoms with E-state index in [4.69, 9.17) is 0 Å². The molecule has 2 fully saturated rings. The lowest BCUT2D eigenvalue weighted by molar-refractivity contribution is -0.127. The number of likely N-dealkylation sites (tertiary alicyclic amines) is 2. The first-order chi connectivity index (χ1) is 19.8. The van der Waals surface area contributed by atoms with E-state index in [9.17, 15) is 20.0 Å². The Kier molecular flexibility index (Phi) is 8.81. The van der Waals surface area contributed by atoms with Crippen molar-refractivity contribution in [1.29, 1.82) is 5.26 Å². The fourth-order valence-electron chi connectivity index (χ4n) is 6.04. The normalized spacial score (nSPS) is 22.0. The predicted octanol–water partition coefficient (Wildman–Crippen LogP) is 1.48. The molecule has 0 aliphatic carbocycles. The van der Waals surface area contributed by atoms with Crippen LogP contribution in [0.3, 0.4) is 0 Å². The number of benzene rings is 1. The van der Waals surface area contributed by atoms with Crippen LogP contribution in [0.5, 0.6) is 0 Å². The van der Waals surface area contributed by atoms with Gasteiger partial charge in [-0.15, -0.1) is 0 Å². The molecule has 5 rings (SSSR count). The molecule has 0 spiro atoms. The van der Waals surface area contributed by atoms with Crippen LogP contribution in [-0.2, 0) is 17.8 Å². The van der Waals surface area contributed by atoms with E-state index < -0.39 is 6.10 Å². The minimum absolute atomic E-state index is 0.0235. The summed E-state index contributed by atoms with van der Waals surface area (Å²) in [6.45, 7) is 3.61. The first kappa shape index (κ1) is 28.5. The molecular weight excluding hydrogens is 520 g/mol. The van der Waals surface area contributed by atoms with Gasteiger partial charge in [0, 0.05) is 77.7 Å². The molecule has 2 saturated heterocycles. The Labute approximate surface area is 241 Å². The molecule has 0 bridgehead atoms. The number of carbonyl (C=O) groups is 2. The monoisotopic (exact) mass is 558 g/mol. The molecule has 3 aliphatic rings. The molecule has 11 heteroatoms. The van der Waals surface area contributed by atoms with Gasteiger partial charge in [0.15, 0.2) is 0 Å². The summed E-state index contributed by atoms with van der Waals surface area (Å²) in [5, 5.41) is 23.7. The van der Waals surface area contributed by atoms with Crippen LogP contribution < -0.4 is 5.32 Å². The van der Waals surface area contributed by atoms with E-state index in [1.807, 2.05) is 6.07 Å². The summed E-state index contributed by atoms with van der Waals surface area (Å²) >= 11 is 0. The lowest BCUT2D eigenvalue weighted by Crippen LogP contribution is -2.56. The number of rotatable bonds is 6. The number of β-amino-alcohol motifs (C(OH)–C–C–N with tert-alkyl or cyclic N) is 1. The van der Waals surface area contributed by atoms with Crippen LogP contribution >= 0.6 is 0 Å². The van der Waals surface area contributed by atoms with Crippen LogP contribution in [0.2, 0.25) is 0 Å². The van der Waals surface area contributed by atoms with E-state index in [0.29, 0.717) is 50.4 Å². The summed E-state index contributed by atoms with van der Waals surface area (Å²) in [4.78, 5) is 42.0. The highest BCUT2D eigenvalue weighted by molar-refractivity contribution is 5.97. The zero-order valence-electron chi connectivity index (χ0n) is 23.7. The number of carbonyl (C=O) groups excluding carboxylic acids is 2. The lowest BCUT2D eigenvalue weighted by atomic mass is 9.94. The molecule has 216 valence electrons. The quantitative estimate of drug-likeness (QED) is 0.400. The second-order valence-corrected chi connectivity index (χ2v) is 11.3. The number of hydrogen-bond donors (Lipinski definition) is 2. The molecule has 0 saturated carbocycles. The Bertz CT molecular complexity index is 1330. The first-order valence-electron chi connectivity index (χ1n) is 14.3. The van der Waals surface area contributed by atoms with Crippen molar-refractivity contribution < 1.29 is 14.7 Å². The number of amides is 2. The maximum Gasteiger partial charge on any atom is 0.272 e. The predicted molar refractivity (Wildman–Crippen MR) is 154 cm³/mol. The Morgan fingerprint density at radius 1 is 1.07 bits per heavy atom. The number of nitrogens with zero attached hydrogens (tertiary/aromatic N) is 7. The second-order valence-electron chi connectivity index (χ2n) is 11.3. The van der Waals surface area contributed by atoms with Gasteiger partial charge in [0.25, 0.3) is 11.8 Å². The van der Waals surface area contributed by atoms with E-state index in [1.54, 1.807) is 41.1 Å². The molecule has 3 aliphatic heterocycles. The number of fused-ring (bicyclic) bond motifs is 1. The van der Waals surface area contributed by atoms with Crippen LogP contribution in [0.4, 0.5) is 5.82 Å². The molecule has 2 amide bonds. The largest absolute Gasteiger partial charge is 0.390 e. The number of aromatic nitrogens is 2. The fourth-order valence-corrected chi connectivity index (χ4v) is 6.04. The van der Waals surface area contributed by atoms with E-state index in [-0.39, 0.29) is 36.0 Å². The zero-order valence-corrected chi connectivity index (χ0v) is 23.7. The van der Waals surface area contributed by atoms with Crippen molar-refractivity contribution >= 4 is 17.6 Å². The van der Waals surface area contributed by atoms with Crippen molar-refractivity contribution in [2.24, 2.45) is 0 Å². The highest BCUT2D eigenvalue weighted by atomic mass is 16.3. The number of anilines is 1. The van der Waals surface area contributed by atoms with E-state index in [0.717, 1.165) is 19.5 Å². The van der Waals surface area contributed by atoms with Gasteiger partial charge >= 0.3 is 0 Å². The van der Waals surface area contributed by atoms with Gasteiger partial charge in [0.2, 0.25) is 0 Å². The van der Waals surface area contributed by atoms with Crippen molar-refractivity contribution in [2.75, 3.05) is 52.1 Å². The van der Waals surface area contributed by atoms with E-state index in [1.165, 1.54) is 17.5 Å². The highest BCUT2D eigenvalue weighted by Gasteiger charge is 2.36. The third-order valence-electron chi connectivity index (χ3n) is 8.22. The highest BCUT2D eigenvalue weighted by Crippen LogP contribution is 2.26. The number of nitriles is 1. The summed E-state index contributed by atoms with van der Waals surface area (Å²) in [6, 6.07) is 12.2. The molecule has 41 heavy (non-hydrogen) atoms. The van der Waals surface area contributed by atoms with Gasteiger partial charge in [-0.1, -0.05) is 24.3 Å². The third kappa shape index (κ3) is 6.66. The number of aliphatic hydroxyl groups is 1. The van der Waals surface area contributed by atoms with Crippen LogP contribution in [-0.4, -0.2) is 111 Å². The van der Waals surface area contributed by atoms with Gasteiger partial charge < -0.3 is 25.1 Å². The molecule has 2 aromatic rings. The van der Waals surface area contributed by atoms with E-state index >= 15 is 0 Å². The maximum absolute atomic E-state index is 13.3. The SMILES string of the molecule is CN(C)/C=C(/C#N)C(=O)N1CCC(Nc2cc(C(=O)N3CC[C@H](N4CCc5ccccc5C4)[C@@H](O)C3)ncn2)CC1. The van der Waals surface area contributed by atoms with Crippen LogP contribution in [0.25, 0.3) is 0 Å².